The highest BCUT2D eigenvalue weighted by Gasteiger charge is 2.19. The van der Waals surface area contributed by atoms with E-state index >= 15 is 0 Å². The minimum Gasteiger partial charge on any atom is -0.497 e. The predicted molar refractivity (Wildman–Crippen MR) is 88.0 cm³/mol. The molecule has 124 valence electrons. The van der Waals surface area contributed by atoms with E-state index in [0.717, 1.165) is 0 Å². The highest BCUT2D eigenvalue weighted by molar-refractivity contribution is 7.89. The van der Waals surface area contributed by atoms with Gasteiger partial charge in [0.1, 0.15) is 11.8 Å². The van der Waals surface area contributed by atoms with Crippen molar-refractivity contribution in [1.82, 2.24) is 4.72 Å². The van der Waals surface area contributed by atoms with Crippen molar-refractivity contribution < 1.29 is 17.9 Å². The Kier molecular flexibility index (Phi) is 5.52. The zero-order valence-corrected chi connectivity index (χ0v) is 13.6. The second kappa shape index (κ2) is 7.59. The number of anilines is 1. The summed E-state index contributed by atoms with van der Waals surface area (Å²) in [4.78, 5) is 11.7. The highest BCUT2D eigenvalue weighted by Crippen LogP contribution is 2.15. The third-order valence-electron chi connectivity index (χ3n) is 3.09. The maximum Gasteiger partial charge on any atom is 0.242 e. The maximum atomic E-state index is 12.2. The van der Waals surface area contributed by atoms with Gasteiger partial charge in [0.15, 0.2) is 0 Å². The summed E-state index contributed by atoms with van der Waals surface area (Å²) in [5, 5.41) is 11.5. The molecule has 2 rings (SSSR count). The Morgan fingerprint density at radius 2 is 1.83 bits per heavy atom. The van der Waals surface area contributed by atoms with E-state index in [1.807, 2.05) is 6.07 Å². The summed E-state index contributed by atoms with van der Waals surface area (Å²) < 4.78 is 31.6. The normalized spacial score (nSPS) is 10.7. The van der Waals surface area contributed by atoms with E-state index in [9.17, 15) is 13.2 Å². The van der Waals surface area contributed by atoms with E-state index < -0.39 is 22.5 Å². The second-order valence-electron chi connectivity index (χ2n) is 4.71. The van der Waals surface area contributed by atoms with Gasteiger partial charge in [0.05, 0.1) is 24.1 Å². The number of benzene rings is 2. The van der Waals surface area contributed by atoms with Crippen LogP contribution in [0, 0.1) is 11.3 Å². The lowest BCUT2D eigenvalue weighted by Crippen LogP contribution is -2.33. The number of nitriles is 1. The second-order valence-corrected chi connectivity index (χ2v) is 6.44. The summed E-state index contributed by atoms with van der Waals surface area (Å²) in [5.74, 6) is 0.111. The average Bonchev–Trinajstić information content (AvgIpc) is 2.60. The highest BCUT2D eigenvalue weighted by atomic mass is 32.2. The predicted octanol–water partition coefficient (Wildman–Crippen LogP) is 1.48. The molecule has 0 aliphatic rings. The zero-order chi connectivity index (χ0) is 17.6. The Morgan fingerprint density at radius 3 is 2.46 bits per heavy atom. The summed E-state index contributed by atoms with van der Waals surface area (Å²) in [5.41, 5.74) is 0.526. The van der Waals surface area contributed by atoms with Gasteiger partial charge < -0.3 is 10.1 Å². The fourth-order valence-corrected chi connectivity index (χ4v) is 3.05. The first-order valence-electron chi connectivity index (χ1n) is 6.89. The molecular weight excluding hydrogens is 330 g/mol. The number of hydrogen-bond donors (Lipinski definition) is 2. The average molecular weight is 345 g/mol. The molecule has 24 heavy (non-hydrogen) atoms. The maximum absolute atomic E-state index is 12.2. The number of sulfonamides is 1. The van der Waals surface area contributed by atoms with Crippen LogP contribution in [-0.4, -0.2) is 28.0 Å². The number of methoxy groups -OCH3 is 1. The Balaban J connectivity index is 2.01. The van der Waals surface area contributed by atoms with Gasteiger partial charge in [-0.25, -0.2) is 13.1 Å². The fraction of sp³-hybridized carbons (Fsp3) is 0.125. The van der Waals surface area contributed by atoms with E-state index in [1.54, 1.807) is 30.3 Å². The molecule has 0 aliphatic heterocycles. The van der Waals surface area contributed by atoms with Crippen molar-refractivity contribution in [3.63, 3.8) is 0 Å². The van der Waals surface area contributed by atoms with E-state index in [2.05, 4.69) is 10.0 Å². The van der Waals surface area contributed by atoms with Gasteiger partial charge in [0, 0.05) is 5.69 Å². The third-order valence-corrected chi connectivity index (χ3v) is 4.55. The van der Waals surface area contributed by atoms with Crippen molar-refractivity contribution in [2.75, 3.05) is 19.0 Å². The molecule has 0 unspecified atom stereocenters. The van der Waals surface area contributed by atoms with Crippen LogP contribution in [0.4, 0.5) is 5.69 Å². The van der Waals surface area contributed by atoms with Crippen LogP contribution in [0.5, 0.6) is 5.75 Å². The molecule has 0 saturated heterocycles. The molecule has 1 amide bonds. The molecule has 7 nitrogen and oxygen atoms in total. The van der Waals surface area contributed by atoms with Gasteiger partial charge in [-0.2, -0.15) is 5.26 Å². The number of ether oxygens (including phenoxy) is 1. The third kappa shape index (κ3) is 4.32. The van der Waals surface area contributed by atoms with E-state index in [0.29, 0.717) is 11.4 Å². The van der Waals surface area contributed by atoms with Gasteiger partial charge in [0.2, 0.25) is 15.9 Å². The molecule has 0 atom stereocenters. The van der Waals surface area contributed by atoms with Crippen LogP contribution in [0.15, 0.2) is 53.4 Å². The van der Waals surface area contributed by atoms with Crippen LogP contribution in [0.3, 0.4) is 0 Å². The molecule has 0 heterocycles. The standard InChI is InChI=1S/C16H15N3O4S/c1-23-14-8-6-13(7-9-14)19-16(20)11-18-24(21,22)15-5-3-2-4-12(15)10-17/h2-9,18H,11H2,1H3,(H,19,20). The molecule has 0 aliphatic carbocycles. The van der Waals surface area contributed by atoms with Crippen molar-refractivity contribution in [1.29, 1.82) is 5.26 Å². The molecule has 8 heteroatoms. The minimum atomic E-state index is -3.95. The summed E-state index contributed by atoms with van der Waals surface area (Å²) in [6.07, 6.45) is 0. The summed E-state index contributed by atoms with van der Waals surface area (Å²) >= 11 is 0. The first-order valence-corrected chi connectivity index (χ1v) is 8.37. The number of nitrogens with zero attached hydrogens (tertiary/aromatic N) is 1. The van der Waals surface area contributed by atoms with Crippen LogP contribution in [0.1, 0.15) is 5.56 Å². The molecule has 0 aromatic heterocycles. The number of nitrogens with one attached hydrogen (secondary N) is 2. The van der Waals surface area contributed by atoms with Crippen LogP contribution >= 0.6 is 0 Å². The molecule has 0 fully saturated rings. The van der Waals surface area contributed by atoms with Gasteiger partial charge >= 0.3 is 0 Å². The molecule has 0 radical (unpaired) electrons. The number of hydrogen-bond acceptors (Lipinski definition) is 5. The largest absolute Gasteiger partial charge is 0.497 e. The Labute approximate surface area is 139 Å². The van der Waals surface area contributed by atoms with E-state index in [1.165, 1.54) is 25.3 Å². The Morgan fingerprint density at radius 1 is 1.17 bits per heavy atom. The smallest absolute Gasteiger partial charge is 0.242 e. The van der Waals surface area contributed by atoms with Crippen molar-refractivity contribution in [2.24, 2.45) is 0 Å². The van der Waals surface area contributed by atoms with E-state index in [-0.39, 0.29) is 10.5 Å². The molecule has 2 aromatic rings. The van der Waals surface area contributed by atoms with Crippen molar-refractivity contribution in [3.05, 3.63) is 54.1 Å². The van der Waals surface area contributed by atoms with Gasteiger partial charge in [0.25, 0.3) is 0 Å². The summed E-state index contributed by atoms with van der Waals surface area (Å²) in [6.45, 7) is -0.450. The molecule has 0 bridgehead atoms. The van der Waals surface area contributed by atoms with Gasteiger partial charge in [-0.05, 0) is 36.4 Å². The zero-order valence-electron chi connectivity index (χ0n) is 12.8. The Hall–Kier alpha value is -2.89. The van der Waals surface area contributed by atoms with Crippen LogP contribution in [0.2, 0.25) is 0 Å². The number of carbonyl (C=O) groups is 1. The summed E-state index contributed by atoms with van der Waals surface area (Å²) in [6, 6.07) is 14.2. The first kappa shape index (κ1) is 17.5. The van der Waals surface area contributed by atoms with Crippen molar-refractivity contribution >= 4 is 21.6 Å². The van der Waals surface area contributed by atoms with Crippen LogP contribution < -0.4 is 14.8 Å². The first-order chi connectivity index (χ1) is 11.5. The quantitative estimate of drug-likeness (QED) is 0.824. The summed E-state index contributed by atoms with van der Waals surface area (Å²) in [7, 11) is -2.43. The molecule has 0 saturated carbocycles. The van der Waals surface area contributed by atoms with Crippen LogP contribution in [-0.2, 0) is 14.8 Å². The molecule has 2 N–H and O–H groups in total. The number of rotatable bonds is 6. The molecule has 0 spiro atoms. The lowest BCUT2D eigenvalue weighted by Gasteiger charge is -2.09. The van der Waals surface area contributed by atoms with E-state index in [4.69, 9.17) is 10.00 Å². The Bertz CT molecular complexity index is 871. The van der Waals surface area contributed by atoms with Crippen molar-refractivity contribution in [2.45, 2.75) is 4.90 Å². The molecular formula is C16H15N3O4S. The fourth-order valence-electron chi connectivity index (χ4n) is 1.91. The van der Waals surface area contributed by atoms with Gasteiger partial charge in [-0.1, -0.05) is 12.1 Å². The lowest BCUT2D eigenvalue weighted by atomic mass is 10.2. The van der Waals surface area contributed by atoms with Crippen LogP contribution in [0.25, 0.3) is 0 Å². The number of amides is 1. The molecule has 2 aromatic carbocycles. The SMILES string of the molecule is COc1ccc(NC(=O)CNS(=O)(=O)c2ccccc2C#N)cc1. The lowest BCUT2D eigenvalue weighted by molar-refractivity contribution is -0.115. The topological polar surface area (TPSA) is 108 Å². The minimum absolute atomic E-state index is 0.0144. The number of carbonyl (C=O) groups excluding carboxylic acids is 1. The van der Waals surface area contributed by atoms with Gasteiger partial charge in [-0.3, -0.25) is 4.79 Å². The monoisotopic (exact) mass is 345 g/mol. The van der Waals surface area contributed by atoms with Crippen molar-refractivity contribution in [3.8, 4) is 11.8 Å². The van der Waals surface area contributed by atoms with Gasteiger partial charge in [-0.15, -0.1) is 0 Å².